The normalized spacial score (nSPS) is 20.4. The fourth-order valence-electron chi connectivity index (χ4n) is 4.50. The van der Waals surface area contributed by atoms with Crippen molar-refractivity contribution in [1.29, 1.82) is 0 Å². The number of carbonyl (C=O) groups is 2. The van der Waals surface area contributed by atoms with E-state index < -0.39 is 17.7 Å². The van der Waals surface area contributed by atoms with E-state index in [2.05, 4.69) is 0 Å². The van der Waals surface area contributed by atoms with Gasteiger partial charge in [0.2, 0.25) is 6.79 Å². The molecule has 4 heterocycles. The second kappa shape index (κ2) is 7.58. The summed E-state index contributed by atoms with van der Waals surface area (Å²) in [5.74, 6) is 0.181. The molecular weight excluding hydrogens is 440 g/mol. The molecule has 1 amide bonds. The van der Waals surface area contributed by atoms with Gasteiger partial charge in [0.05, 0.1) is 24.1 Å². The van der Waals surface area contributed by atoms with Gasteiger partial charge in [0.1, 0.15) is 29.9 Å². The zero-order valence-corrected chi connectivity index (χ0v) is 18.2. The molecule has 0 spiro atoms. The lowest BCUT2D eigenvalue weighted by Crippen LogP contribution is -2.29. The molecule has 1 unspecified atom stereocenters. The van der Waals surface area contributed by atoms with Gasteiger partial charge in [-0.25, -0.2) is 0 Å². The number of fused-ring (bicyclic) bond motifs is 2. The largest absolute Gasteiger partial charge is 0.507 e. The molecule has 1 aromatic heterocycles. The lowest BCUT2D eigenvalue weighted by Gasteiger charge is -2.28. The van der Waals surface area contributed by atoms with E-state index in [0.29, 0.717) is 47.4 Å². The summed E-state index contributed by atoms with van der Waals surface area (Å²) in [4.78, 5) is 29.8. The van der Waals surface area contributed by atoms with Crippen LogP contribution in [0.1, 0.15) is 17.4 Å². The number of hydrogen-bond donors (Lipinski definition) is 1. The predicted molar refractivity (Wildman–Crippen MR) is 121 cm³/mol. The summed E-state index contributed by atoms with van der Waals surface area (Å²) < 4.78 is 22.1. The highest BCUT2D eigenvalue weighted by Crippen LogP contribution is 2.45. The number of likely N-dealkylation sites (N-methyl/N-ethyl adjacent to an activating group) is 1. The van der Waals surface area contributed by atoms with Gasteiger partial charge in [-0.2, -0.15) is 0 Å². The minimum atomic E-state index is -0.958. The van der Waals surface area contributed by atoms with Crippen LogP contribution in [0.4, 0.5) is 11.4 Å². The van der Waals surface area contributed by atoms with Crippen molar-refractivity contribution in [3.8, 4) is 17.2 Å². The van der Waals surface area contributed by atoms with Crippen LogP contribution in [0.3, 0.4) is 0 Å². The van der Waals surface area contributed by atoms with Crippen molar-refractivity contribution in [3.05, 3.63) is 71.7 Å². The standard InChI is InChI=1S/C25H20N2O7/c1-26-8-10-32-17-6-4-14(11-16(17)26)23(28)21-22(19-3-2-9-31-19)27(25(30)24(21)29)15-5-7-18-20(12-15)34-13-33-18/h2-7,9,11-12,22,28H,8,10,13H2,1H3/b23-21-. The molecule has 1 N–H and O–H groups in total. The molecule has 3 aromatic rings. The van der Waals surface area contributed by atoms with Crippen LogP contribution in [-0.4, -0.2) is 43.8 Å². The maximum atomic E-state index is 13.3. The van der Waals surface area contributed by atoms with Gasteiger partial charge in [-0.05, 0) is 42.5 Å². The van der Waals surface area contributed by atoms with Crippen molar-refractivity contribution >= 4 is 28.8 Å². The minimum absolute atomic E-state index is 0.0584. The molecule has 0 radical (unpaired) electrons. The van der Waals surface area contributed by atoms with E-state index in [-0.39, 0.29) is 18.1 Å². The molecule has 6 rings (SSSR count). The number of Topliss-reactive ketones (excluding diaryl/α,β-unsaturated/α-hetero) is 1. The van der Waals surface area contributed by atoms with Crippen LogP contribution < -0.4 is 24.0 Å². The maximum absolute atomic E-state index is 13.3. The highest BCUT2D eigenvalue weighted by atomic mass is 16.7. The van der Waals surface area contributed by atoms with Crippen LogP contribution in [0.15, 0.2) is 64.8 Å². The third-order valence-electron chi connectivity index (χ3n) is 6.22. The molecule has 1 saturated heterocycles. The molecule has 34 heavy (non-hydrogen) atoms. The Kier molecular flexibility index (Phi) is 4.51. The van der Waals surface area contributed by atoms with Crippen molar-refractivity contribution in [2.24, 2.45) is 0 Å². The molecular formula is C25H20N2O7. The summed E-state index contributed by atoms with van der Waals surface area (Å²) >= 11 is 0. The first-order valence-electron chi connectivity index (χ1n) is 10.8. The molecule has 1 fully saturated rings. The van der Waals surface area contributed by atoms with Gasteiger partial charge in [-0.15, -0.1) is 0 Å². The van der Waals surface area contributed by atoms with Crippen molar-refractivity contribution in [2.75, 3.05) is 36.8 Å². The zero-order chi connectivity index (χ0) is 23.4. The van der Waals surface area contributed by atoms with E-state index in [1.54, 1.807) is 48.5 Å². The second-order valence-corrected chi connectivity index (χ2v) is 8.17. The van der Waals surface area contributed by atoms with Gasteiger partial charge in [-0.3, -0.25) is 14.5 Å². The molecule has 0 bridgehead atoms. The molecule has 9 nitrogen and oxygen atoms in total. The molecule has 0 aliphatic carbocycles. The SMILES string of the molecule is CN1CCOc2ccc(/C(O)=C3/C(=O)C(=O)N(c4ccc5c(c4)OCO5)C3c3ccco3)cc21. The van der Waals surface area contributed by atoms with Gasteiger partial charge >= 0.3 is 0 Å². The number of hydrogen-bond acceptors (Lipinski definition) is 8. The first-order valence-corrected chi connectivity index (χ1v) is 10.8. The smallest absolute Gasteiger partial charge is 0.300 e. The van der Waals surface area contributed by atoms with E-state index in [1.807, 2.05) is 11.9 Å². The van der Waals surface area contributed by atoms with Gasteiger partial charge < -0.3 is 28.6 Å². The fourth-order valence-corrected chi connectivity index (χ4v) is 4.50. The maximum Gasteiger partial charge on any atom is 0.300 e. The first-order chi connectivity index (χ1) is 16.5. The van der Waals surface area contributed by atoms with Crippen molar-refractivity contribution in [1.82, 2.24) is 0 Å². The van der Waals surface area contributed by atoms with E-state index in [4.69, 9.17) is 18.6 Å². The van der Waals surface area contributed by atoms with Crippen molar-refractivity contribution < 1.29 is 33.3 Å². The van der Waals surface area contributed by atoms with E-state index in [0.717, 1.165) is 5.69 Å². The van der Waals surface area contributed by atoms with E-state index >= 15 is 0 Å². The number of benzene rings is 2. The van der Waals surface area contributed by atoms with Crippen LogP contribution in [0, 0.1) is 0 Å². The molecule has 9 heteroatoms. The number of nitrogens with zero attached hydrogens (tertiary/aromatic N) is 2. The molecule has 0 saturated carbocycles. The molecule has 1 atom stereocenters. The fraction of sp³-hybridized carbons (Fsp3) is 0.200. The second-order valence-electron chi connectivity index (χ2n) is 8.17. The number of furan rings is 1. The van der Waals surface area contributed by atoms with E-state index in [9.17, 15) is 14.7 Å². The number of amides is 1. The zero-order valence-electron chi connectivity index (χ0n) is 18.2. The van der Waals surface area contributed by atoms with Crippen LogP contribution in [0.2, 0.25) is 0 Å². The minimum Gasteiger partial charge on any atom is -0.507 e. The Labute approximate surface area is 194 Å². The van der Waals surface area contributed by atoms with Gasteiger partial charge in [0, 0.05) is 24.4 Å². The molecule has 2 aromatic carbocycles. The number of aliphatic hydroxyl groups excluding tert-OH is 1. The summed E-state index contributed by atoms with van der Waals surface area (Å²) in [6, 6.07) is 12.5. The van der Waals surface area contributed by atoms with Gasteiger partial charge in [0.25, 0.3) is 11.7 Å². The van der Waals surface area contributed by atoms with Crippen LogP contribution >= 0.6 is 0 Å². The Hall–Kier alpha value is -4.40. The predicted octanol–water partition coefficient (Wildman–Crippen LogP) is 3.46. The Morgan fingerprint density at radius 1 is 1.00 bits per heavy atom. The average Bonchev–Trinajstić information content (AvgIpc) is 3.59. The number of rotatable bonds is 3. The summed E-state index contributed by atoms with van der Waals surface area (Å²) in [6.07, 6.45) is 1.46. The first kappa shape index (κ1) is 20.2. The third-order valence-corrected chi connectivity index (χ3v) is 6.22. The quantitative estimate of drug-likeness (QED) is 0.360. The van der Waals surface area contributed by atoms with Gasteiger partial charge in [0.15, 0.2) is 11.5 Å². The highest BCUT2D eigenvalue weighted by Gasteiger charge is 2.48. The molecule has 172 valence electrons. The van der Waals surface area contributed by atoms with Crippen LogP contribution in [0.5, 0.6) is 17.2 Å². The Morgan fingerprint density at radius 3 is 2.65 bits per heavy atom. The Bertz CT molecular complexity index is 1350. The number of ether oxygens (including phenoxy) is 3. The summed E-state index contributed by atoms with van der Waals surface area (Å²) in [7, 11) is 1.92. The number of anilines is 2. The van der Waals surface area contributed by atoms with Crippen LogP contribution in [-0.2, 0) is 9.59 Å². The lowest BCUT2D eigenvalue weighted by molar-refractivity contribution is -0.132. The van der Waals surface area contributed by atoms with Crippen molar-refractivity contribution in [2.45, 2.75) is 6.04 Å². The summed E-state index contributed by atoms with van der Waals surface area (Å²) in [6.45, 7) is 1.34. The summed E-state index contributed by atoms with van der Waals surface area (Å²) in [5.41, 5.74) is 1.55. The number of aliphatic hydroxyl groups is 1. The van der Waals surface area contributed by atoms with Gasteiger partial charge in [-0.1, -0.05) is 0 Å². The molecule has 3 aliphatic heterocycles. The lowest BCUT2D eigenvalue weighted by atomic mass is 9.98. The summed E-state index contributed by atoms with van der Waals surface area (Å²) in [5, 5.41) is 11.3. The van der Waals surface area contributed by atoms with E-state index in [1.165, 1.54) is 11.2 Å². The monoisotopic (exact) mass is 460 g/mol. The molecule has 3 aliphatic rings. The highest BCUT2D eigenvalue weighted by molar-refractivity contribution is 6.51. The number of carbonyl (C=O) groups excluding carboxylic acids is 2. The Morgan fingerprint density at radius 2 is 1.82 bits per heavy atom. The Balaban J connectivity index is 1.50. The number of ketones is 1. The van der Waals surface area contributed by atoms with Crippen molar-refractivity contribution in [3.63, 3.8) is 0 Å². The third kappa shape index (κ3) is 3.01. The van der Waals surface area contributed by atoms with Crippen LogP contribution in [0.25, 0.3) is 5.76 Å². The topological polar surface area (TPSA) is 102 Å². The average molecular weight is 460 g/mol.